The molecule has 1 N–H and O–H groups in total. The molecule has 1 atom stereocenters. The van der Waals surface area contributed by atoms with Crippen LogP contribution in [0.1, 0.15) is 25.7 Å². The first kappa shape index (κ1) is 20.4. The number of anilines is 1. The number of H-pyrrole nitrogens is 1. The first-order valence-electron chi connectivity index (χ1n) is 8.85. The molecule has 1 fully saturated rings. The van der Waals surface area contributed by atoms with Crippen LogP contribution in [0.4, 0.5) is 27.8 Å². The number of hydrazine groups is 1. The maximum absolute atomic E-state index is 13.1. The number of fused-ring (bicyclic) bond motifs is 1. The lowest BCUT2D eigenvalue weighted by molar-refractivity contribution is -0.268. The van der Waals surface area contributed by atoms with E-state index in [1.165, 1.54) is 6.33 Å². The molecule has 0 amide bonds. The lowest BCUT2D eigenvalue weighted by Crippen LogP contribution is -2.47. The predicted molar refractivity (Wildman–Crippen MR) is 91.8 cm³/mol. The Balaban J connectivity index is 1.63. The van der Waals surface area contributed by atoms with Crippen LogP contribution in [0.5, 0.6) is 0 Å². The van der Waals surface area contributed by atoms with Crippen LogP contribution in [0.25, 0.3) is 11.0 Å². The fourth-order valence-corrected chi connectivity index (χ4v) is 3.45. The van der Waals surface area contributed by atoms with Gasteiger partial charge in [0.05, 0.1) is 5.39 Å². The molecule has 2 aromatic heterocycles. The van der Waals surface area contributed by atoms with Crippen molar-refractivity contribution in [3.05, 3.63) is 18.6 Å². The molecule has 0 bridgehead atoms. The number of ketones is 1. The summed E-state index contributed by atoms with van der Waals surface area (Å²) in [6.45, 7) is 1.13. The second-order valence-corrected chi connectivity index (χ2v) is 6.92. The monoisotopic (exact) mass is 405 g/mol. The van der Waals surface area contributed by atoms with Gasteiger partial charge in [-0.3, -0.25) is 9.80 Å². The molecule has 154 valence electrons. The number of aromatic amines is 1. The van der Waals surface area contributed by atoms with E-state index in [0.717, 1.165) is 11.8 Å². The van der Waals surface area contributed by atoms with E-state index >= 15 is 0 Å². The number of piperidine rings is 1. The highest BCUT2D eigenvalue weighted by Crippen LogP contribution is 2.38. The summed E-state index contributed by atoms with van der Waals surface area (Å²) in [5.74, 6) is -6.87. The number of Topliss-reactive ketones (excluding diaryl/α,β-unsaturated/α-hetero) is 1. The molecular weight excluding hydrogens is 385 g/mol. The van der Waals surface area contributed by atoms with E-state index in [1.807, 2.05) is 16.1 Å². The van der Waals surface area contributed by atoms with Gasteiger partial charge in [0.1, 0.15) is 12.0 Å². The zero-order chi connectivity index (χ0) is 20.5. The van der Waals surface area contributed by atoms with Gasteiger partial charge in [0.25, 0.3) is 0 Å². The third-order valence-corrected chi connectivity index (χ3v) is 5.05. The van der Waals surface area contributed by atoms with Gasteiger partial charge in [0, 0.05) is 32.8 Å². The SMILES string of the molecule is CN(c1ncnc2[nH]ccc12)N1CCCC(CCC(=O)C(F)(F)C(F)(F)F)C1. The van der Waals surface area contributed by atoms with Gasteiger partial charge >= 0.3 is 12.1 Å². The molecule has 1 saturated heterocycles. The highest BCUT2D eigenvalue weighted by Gasteiger charge is 2.62. The minimum absolute atomic E-state index is 0.0157. The summed E-state index contributed by atoms with van der Waals surface area (Å²) in [5.41, 5.74) is 0.672. The molecule has 1 aliphatic heterocycles. The molecule has 0 spiro atoms. The average Bonchev–Trinajstić information content (AvgIpc) is 3.13. The Morgan fingerprint density at radius 3 is 2.79 bits per heavy atom. The third kappa shape index (κ3) is 3.94. The van der Waals surface area contributed by atoms with E-state index in [2.05, 4.69) is 15.0 Å². The number of nitrogens with zero attached hydrogens (tertiary/aromatic N) is 4. The van der Waals surface area contributed by atoms with E-state index in [0.29, 0.717) is 31.0 Å². The molecule has 2 aromatic rings. The number of nitrogens with one attached hydrogen (secondary N) is 1. The van der Waals surface area contributed by atoms with Gasteiger partial charge in [0.15, 0.2) is 5.82 Å². The largest absolute Gasteiger partial charge is 0.461 e. The van der Waals surface area contributed by atoms with Crippen LogP contribution in [0.3, 0.4) is 0 Å². The van der Waals surface area contributed by atoms with Crippen molar-refractivity contribution in [3.8, 4) is 0 Å². The number of alkyl halides is 5. The molecule has 0 radical (unpaired) electrons. The van der Waals surface area contributed by atoms with E-state index in [4.69, 9.17) is 0 Å². The maximum atomic E-state index is 13.1. The number of aromatic nitrogens is 3. The summed E-state index contributed by atoms with van der Waals surface area (Å²) in [6.07, 6.45) is -2.11. The van der Waals surface area contributed by atoms with Gasteiger partial charge in [-0.1, -0.05) is 0 Å². The summed E-state index contributed by atoms with van der Waals surface area (Å²) in [5, 5.41) is 4.60. The summed E-state index contributed by atoms with van der Waals surface area (Å²) >= 11 is 0. The molecule has 0 aromatic carbocycles. The van der Waals surface area contributed by atoms with Crippen molar-refractivity contribution in [1.29, 1.82) is 0 Å². The minimum atomic E-state index is -5.85. The van der Waals surface area contributed by atoms with E-state index < -0.39 is 24.3 Å². The summed E-state index contributed by atoms with van der Waals surface area (Å²) in [7, 11) is 1.81. The van der Waals surface area contributed by atoms with Crippen LogP contribution >= 0.6 is 0 Å². The first-order chi connectivity index (χ1) is 13.1. The van der Waals surface area contributed by atoms with Crippen LogP contribution in [-0.4, -0.2) is 58.0 Å². The molecule has 11 heteroatoms. The van der Waals surface area contributed by atoms with Crippen molar-refractivity contribution >= 4 is 22.6 Å². The molecule has 1 aliphatic rings. The second-order valence-electron chi connectivity index (χ2n) is 6.92. The molecule has 6 nitrogen and oxygen atoms in total. The Morgan fingerprint density at radius 1 is 1.32 bits per heavy atom. The van der Waals surface area contributed by atoms with Crippen LogP contribution in [0.2, 0.25) is 0 Å². The first-order valence-corrected chi connectivity index (χ1v) is 8.85. The normalized spacial score (nSPS) is 19.1. The van der Waals surface area contributed by atoms with Crippen molar-refractivity contribution in [2.75, 3.05) is 25.1 Å². The topological polar surface area (TPSA) is 65.1 Å². The number of halogens is 5. The Labute approximate surface area is 157 Å². The number of hydrogen-bond donors (Lipinski definition) is 1. The number of hydrogen-bond acceptors (Lipinski definition) is 5. The highest BCUT2D eigenvalue weighted by molar-refractivity contribution is 5.87. The molecular formula is C17H20F5N5O. The van der Waals surface area contributed by atoms with E-state index in [9.17, 15) is 26.7 Å². The quantitative estimate of drug-likeness (QED) is 0.745. The van der Waals surface area contributed by atoms with Crippen LogP contribution in [0, 0.1) is 5.92 Å². The van der Waals surface area contributed by atoms with Crippen molar-refractivity contribution in [3.63, 3.8) is 0 Å². The van der Waals surface area contributed by atoms with Crippen molar-refractivity contribution in [1.82, 2.24) is 20.0 Å². The predicted octanol–water partition coefficient (Wildman–Crippen LogP) is 3.57. The number of carbonyl (C=O) groups excluding carboxylic acids is 1. The minimum Gasteiger partial charge on any atom is -0.346 e. The van der Waals surface area contributed by atoms with Gasteiger partial charge in [-0.25, -0.2) is 15.0 Å². The van der Waals surface area contributed by atoms with E-state index in [1.54, 1.807) is 13.2 Å². The fraction of sp³-hybridized carbons (Fsp3) is 0.588. The second kappa shape index (κ2) is 7.61. The Kier molecular flexibility index (Phi) is 5.55. The smallest absolute Gasteiger partial charge is 0.346 e. The molecule has 0 saturated carbocycles. The number of rotatable bonds is 6. The average molecular weight is 405 g/mol. The van der Waals surface area contributed by atoms with Gasteiger partial charge in [-0.05, 0) is 31.2 Å². The molecule has 28 heavy (non-hydrogen) atoms. The Hall–Kier alpha value is -2.30. The van der Waals surface area contributed by atoms with Crippen LogP contribution in [-0.2, 0) is 4.79 Å². The van der Waals surface area contributed by atoms with E-state index in [-0.39, 0.29) is 12.3 Å². The van der Waals surface area contributed by atoms with Gasteiger partial charge in [0.2, 0.25) is 5.78 Å². The molecule has 3 heterocycles. The lowest BCUT2D eigenvalue weighted by Gasteiger charge is -2.39. The van der Waals surface area contributed by atoms with Gasteiger partial charge < -0.3 is 4.98 Å². The Bertz CT molecular complexity index is 837. The third-order valence-electron chi connectivity index (χ3n) is 5.05. The van der Waals surface area contributed by atoms with Gasteiger partial charge in [-0.2, -0.15) is 22.0 Å². The molecule has 1 unspecified atom stereocenters. The summed E-state index contributed by atoms with van der Waals surface area (Å²) in [4.78, 5) is 22.8. The van der Waals surface area contributed by atoms with Gasteiger partial charge in [-0.15, -0.1) is 0 Å². The van der Waals surface area contributed by atoms with Crippen molar-refractivity contribution in [2.24, 2.45) is 5.92 Å². The summed E-state index contributed by atoms with van der Waals surface area (Å²) in [6, 6.07) is 1.83. The van der Waals surface area contributed by atoms with Crippen LogP contribution < -0.4 is 5.01 Å². The van der Waals surface area contributed by atoms with Crippen molar-refractivity contribution in [2.45, 2.75) is 37.8 Å². The van der Waals surface area contributed by atoms with Crippen molar-refractivity contribution < 1.29 is 26.7 Å². The van der Waals surface area contributed by atoms with Crippen LogP contribution in [0.15, 0.2) is 18.6 Å². The fourth-order valence-electron chi connectivity index (χ4n) is 3.45. The summed E-state index contributed by atoms with van der Waals surface area (Å²) < 4.78 is 63.1. The maximum Gasteiger partial charge on any atom is 0.461 e. The molecule has 3 rings (SSSR count). The highest BCUT2D eigenvalue weighted by atomic mass is 19.4. The standard InChI is InChI=1S/C17H20F5N5O/c1-26(15-12-6-7-23-14(12)24-10-25-15)27-8-2-3-11(9-27)4-5-13(28)16(18,19)17(20,21)22/h6-7,10-11H,2-5,8-9H2,1H3,(H,23,24,25). The lowest BCUT2D eigenvalue weighted by atomic mass is 9.92. The molecule has 0 aliphatic carbocycles. The Morgan fingerprint density at radius 2 is 2.07 bits per heavy atom. The number of carbonyl (C=O) groups is 1. The zero-order valence-corrected chi connectivity index (χ0v) is 15.1. The zero-order valence-electron chi connectivity index (χ0n) is 15.1.